The SMILES string of the molecule is NCC1(CC(=O)Nc2ccc(I)cc2Cl)CCC1. The molecule has 3 nitrogen and oxygen atoms in total. The maximum atomic E-state index is 12.0. The molecule has 0 saturated heterocycles. The van der Waals surface area contributed by atoms with Crippen LogP contribution in [0.1, 0.15) is 25.7 Å². The van der Waals surface area contributed by atoms with Crippen molar-refractivity contribution in [3.8, 4) is 0 Å². The molecule has 0 heterocycles. The molecular weight excluding hydrogens is 363 g/mol. The van der Waals surface area contributed by atoms with Crippen LogP contribution in [0.2, 0.25) is 5.02 Å². The molecule has 0 spiro atoms. The molecule has 0 aliphatic heterocycles. The van der Waals surface area contributed by atoms with Gasteiger partial charge in [0.25, 0.3) is 0 Å². The third-order valence-electron chi connectivity index (χ3n) is 3.59. The quantitative estimate of drug-likeness (QED) is 0.789. The fourth-order valence-electron chi connectivity index (χ4n) is 2.26. The number of nitrogens with one attached hydrogen (secondary N) is 1. The van der Waals surface area contributed by atoms with Crippen molar-refractivity contribution < 1.29 is 4.79 Å². The molecule has 1 aliphatic carbocycles. The molecule has 0 aromatic heterocycles. The Morgan fingerprint density at radius 2 is 2.22 bits per heavy atom. The lowest BCUT2D eigenvalue weighted by Crippen LogP contribution is -2.40. The summed E-state index contributed by atoms with van der Waals surface area (Å²) in [6.45, 7) is 0.584. The summed E-state index contributed by atoms with van der Waals surface area (Å²) in [6, 6.07) is 5.59. The van der Waals surface area contributed by atoms with Gasteiger partial charge in [-0.15, -0.1) is 0 Å². The van der Waals surface area contributed by atoms with E-state index in [1.165, 1.54) is 6.42 Å². The fourth-order valence-corrected chi connectivity index (χ4v) is 3.16. The second kappa shape index (κ2) is 5.75. The number of halogens is 2. The number of carbonyl (C=O) groups excluding carboxylic acids is 1. The van der Waals surface area contributed by atoms with Crippen LogP contribution in [-0.4, -0.2) is 12.5 Å². The van der Waals surface area contributed by atoms with Crippen LogP contribution in [0.15, 0.2) is 18.2 Å². The van der Waals surface area contributed by atoms with Gasteiger partial charge < -0.3 is 11.1 Å². The maximum absolute atomic E-state index is 12.0. The Labute approximate surface area is 126 Å². The lowest BCUT2D eigenvalue weighted by Gasteiger charge is -2.40. The zero-order valence-electron chi connectivity index (χ0n) is 10.0. The molecule has 5 heteroatoms. The van der Waals surface area contributed by atoms with Crippen molar-refractivity contribution in [3.63, 3.8) is 0 Å². The first-order valence-electron chi connectivity index (χ1n) is 6.00. The van der Waals surface area contributed by atoms with Gasteiger partial charge in [0.2, 0.25) is 5.91 Å². The van der Waals surface area contributed by atoms with Crippen molar-refractivity contribution in [1.29, 1.82) is 0 Å². The zero-order valence-corrected chi connectivity index (χ0v) is 12.9. The molecule has 0 unspecified atom stereocenters. The molecule has 1 aliphatic rings. The number of hydrogen-bond donors (Lipinski definition) is 2. The summed E-state index contributed by atoms with van der Waals surface area (Å²) in [4.78, 5) is 12.0. The van der Waals surface area contributed by atoms with Crippen LogP contribution in [0.5, 0.6) is 0 Å². The molecule has 1 aromatic carbocycles. The van der Waals surface area contributed by atoms with E-state index < -0.39 is 0 Å². The summed E-state index contributed by atoms with van der Waals surface area (Å²) in [6.07, 6.45) is 3.77. The Bertz CT molecular complexity index is 455. The van der Waals surface area contributed by atoms with Crippen LogP contribution in [0, 0.1) is 8.99 Å². The minimum absolute atomic E-state index is 0.00302. The molecule has 0 atom stereocenters. The first-order chi connectivity index (χ1) is 8.54. The number of benzene rings is 1. The third kappa shape index (κ3) is 3.16. The highest BCUT2D eigenvalue weighted by Gasteiger charge is 2.37. The molecule has 18 heavy (non-hydrogen) atoms. The summed E-state index contributed by atoms with van der Waals surface area (Å²) in [5.41, 5.74) is 6.46. The van der Waals surface area contributed by atoms with Gasteiger partial charge in [0.15, 0.2) is 0 Å². The largest absolute Gasteiger partial charge is 0.330 e. The summed E-state index contributed by atoms with van der Waals surface area (Å²) in [5.74, 6) is 0.00302. The van der Waals surface area contributed by atoms with Gasteiger partial charge in [-0.2, -0.15) is 0 Å². The van der Waals surface area contributed by atoms with Crippen molar-refractivity contribution in [2.45, 2.75) is 25.7 Å². The second-order valence-corrected chi connectivity index (χ2v) is 6.56. The van der Waals surface area contributed by atoms with Gasteiger partial charge in [-0.1, -0.05) is 18.0 Å². The second-order valence-electron chi connectivity index (χ2n) is 4.91. The molecule has 0 bridgehead atoms. The number of rotatable bonds is 4. The van der Waals surface area contributed by atoms with Gasteiger partial charge in [-0.25, -0.2) is 0 Å². The Morgan fingerprint density at radius 3 is 2.72 bits per heavy atom. The molecule has 1 fully saturated rings. The smallest absolute Gasteiger partial charge is 0.225 e. The minimum atomic E-state index is 0.00302. The topological polar surface area (TPSA) is 55.1 Å². The summed E-state index contributed by atoms with van der Waals surface area (Å²) < 4.78 is 1.05. The highest BCUT2D eigenvalue weighted by molar-refractivity contribution is 14.1. The van der Waals surface area contributed by atoms with Crippen molar-refractivity contribution >= 4 is 45.8 Å². The molecule has 1 saturated carbocycles. The summed E-state index contributed by atoms with van der Waals surface area (Å²) in [7, 11) is 0. The Balaban J connectivity index is 1.98. The predicted octanol–water partition coefficient (Wildman–Crippen LogP) is 3.40. The van der Waals surface area contributed by atoms with E-state index in [1.54, 1.807) is 0 Å². The van der Waals surface area contributed by atoms with Crippen LogP contribution >= 0.6 is 34.2 Å². The molecular formula is C13H16ClIN2O. The fraction of sp³-hybridized carbons (Fsp3) is 0.462. The molecule has 1 aromatic rings. The van der Waals surface area contributed by atoms with E-state index >= 15 is 0 Å². The number of nitrogens with two attached hydrogens (primary N) is 1. The lowest BCUT2D eigenvalue weighted by molar-refractivity contribution is -0.119. The normalized spacial score (nSPS) is 17.1. The highest BCUT2D eigenvalue weighted by Crippen LogP contribution is 2.43. The third-order valence-corrected chi connectivity index (χ3v) is 4.57. The average molecular weight is 379 g/mol. The van der Waals surface area contributed by atoms with Crippen LogP contribution in [0.25, 0.3) is 0 Å². The Hall–Kier alpha value is -0.330. The molecule has 2 rings (SSSR count). The number of anilines is 1. The average Bonchev–Trinajstić information content (AvgIpc) is 2.27. The van der Waals surface area contributed by atoms with Gasteiger partial charge in [-0.3, -0.25) is 4.79 Å². The van der Waals surface area contributed by atoms with Crippen molar-refractivity contribution in [1.82, 2.24) is 0 Å². The van der Waals surface area contributed by atoms with Crippen molar-refractivity contribution in [2.75, 3.05) is 11.9 Å². The zero-order chi connectivity index (χ0) is 13.2. The standard InChI is InChI=1S/C13H16ClIN2O/c14-10-6-9(15)2-3-11(10)17-12(18)7-13(8-16)4-1-5-13/h2-3,6H,1,4-5,7-8,16H2,(H,17,18). The first-order valence-corrected chi connectivity index (χ1v) is 7.45. The van der Waals surface area contributed by atoms with E-state index in [9.17, 15) is 4.79 Å². The van der Waals surface area contributed by atoms with Crippen LogP contribution in [-0.2, 0) is 4.79 Å². The van der Waals surface area contributed by atoms with E-state index in [0.717, 1.165) is 16.4 Å². The monoisotopic (exact) mass is 378 g/mol. The highest BCUT2D eigenvalue weighted by atomic mass is 127. The predicted molar refractivity (Wildman–Crippen MR) is 82.8 cm³/mol. The first kappa shape index (κ1) is 14.1. The van der Waals surface area contributed by atoms with E-state index in [4.69, 9.17) is 17.3 Å². The Morgan fingerprint density at radius 1 is 1.50 bits per heavy atom. The Kier molecular flexibility index (Phi) is 4.50. The lowest BCUT2D eigenvalue weighted by atomic mass is 9.66. The van der Waals surface area contributed by atoms with Crippen molar-refractivity contribution in [3.05, 3.63) is 26.8 Å². The van der Waals surface area contributed by atoms with E-state index in [1.807, 2.05) is 18.2 Å². The number of hydrogen-bond acceptors (Lipinski definition) is 2. The van der Waals surface area contributed by atoms with E-state index in [2.05, 4.69) is 27.9 Å². The van der Waals surface area contributed by atoms with Gasteiger partial charge in [-0.05, 0) is 65.6 Å². The molecule has 1 amide bonds. The molecule has 0 radical (unpaired) electrons. The van der Waals surface area contributed by atoms with Gasteiger partial charge in [0.1, 0.15) is 0 Å². The van der Waals surface area contributed by atoms with E-state index in [0.29, 0.717) is 23.7 Å². The van der Waals surface area contributed by atoms with Gasteiger partial charge in [0.05, 0.1) is 10.7 Å². The van der Waals surface area contributed by atoms with Crippen LogP contribution in [0.3, 0.4) is 0 Å². The number of carbonyl (C=O) groups is 1. The minimum Gasteiger partial charge on any atom is -0.330 e. The number of amides is 1. The molecule has 98 valence electrons. The van der Waals surface area contributed by atoms with Crippen molar-refractivity contribution in [2.24, 2.45) is 11.1 Å². The van der Waals surface area contributed by atoms with Crippen LogP contribution in [0.4, 0.5) is 5.69 Å². The van der Waals surface area contributed by atoms with E-state index in [-0.39, 0.29) is 11.3 Å². The molecule has 3 N–H and O–H groups in total. The van der Waals surface area contributed by atoms with Crippen LogP contribution < -0.4 is 11.1 Å². The maximum Gasteiger partial charge on any atom is 0.225 e. The van der Waals surface area contributed by atoms with Gasteiger partial charge in [0, 0.05) is 9.99 Å². The summed E-state index contributed by atoms with van der Waals surface area (Å²) >= 11 is 8.27. The van der Waals surface area contributed by atoms with Gasteiger partial charge >= 0.3 is 0 Å². The summed E-state index contributed by atoms with van der Waals surface area (Å²) in [5, 5.41) is 3.44.